The van der Waals surface area contributed by atoms with Crippen molar-refractivity contribution in [1.29, 1.82) is 0 Å². The number of rotatable bonds is 8. The molecule has 0 unspecified atom stereocenters. The fourth-order valence-electron chi connectivity index (χ4n) is 2.15. The fourth-order valence-corrected chi connectivity index (χ4v) is 2.15. The Morgan fingerprint density at radius 1 is 1.29 bits per heavy atom. The van der Waals surface area contributed by atoms with Crippen LogP contribution in [0.3, 0.4) is 0 Å². The Morgan fingerprint density at radius 2 is 2.00 bits per heavy atom. The lowest BCUT2D eigenvalue weighted by molar-refractivity contribution is 0.289. The summed E-state index contributed by atoms with van der Waals surface area (Å²) in [5, 5.41) is 11.8. The van der Waals surface area contributed by atoms with Gasteiger partial charge in [0, 0.05) is 17.7 Å². The third-order valence-electron chi connectivity index (χ3n) is 3.27. The molecule has 0 aliphatic heterocycles. The molecule has 0 aromatic heterocycles. The third kappa shape index (κ3) is 5.61. The Bertz CT molecular complexity index is 475. The minimum absolute atomic E-state index is 0.106. The Hall–Kier alpha value is -1.79. The van der Waals surface area contributed by atoms with E-state index >= 15 is 0 Å². The molecule has 0 amide bonds. The predicted octanol–water partition coefficient (Wildman–Crippen LogP) is 1.17. The summed E-state index contributed by atoms with van der Waals surface area (Å²) in [6, 6.07) is 5.52. The predicted molar refractivity (Wildman–Crippen MR) is 85.0 cm³/mol. The first-order chi connectivity index (χ1) is 9.97. The van der Waals surface area contributed by atoms with Crippen molar-refractivity contribution in [3.63, 3.8) is 0 Å². The molecule has 6 nitrogen and oxygen atoms in total. The number of nitrogens with zero attached hydrogens (tertiary/aromatic N) is 3. The van der Waals surface area contributed by atoms with Crippen molar-refractivity contribution in [2.75, 3.05) is 41.3 Å². The smallest absolute Gasteiger partial charge is 0.170 e. The van der Waals surface area contributed by atoms with Crippen LogP contribution in [0.25, 0.3) is 0 Å². The lowest BCUT2D eigenvalue weighted by Crippen LogP contribution is -2.24. The van der Waals surface area contributed by atoms with E-state index in [0.29, 0.717) is 5.56 Å². The van der Waals surface area contributed by atoms with Gasteiger partial charge in [0.2, 0.25) is 0 Å². The van der Waals surface area contributed by atoms with E-state index < -0.39 is 0 Å². The van der Waals surface area contributed by atoms with Crippen LogP contribution in [0, 0.1) is 0 Å². The average Bonchev–Trinajstić information content (AvgIpc) is 2.45. The number of amidine groups is 1. The standard InChI is InChI=1S/C15H26N4O2/c1-18(2)8-5-9-19(3)11-13-10-12(15(16)17-20)6-7-14(13)21-4/h6-7,10,20H,5,8-9,11H2,1-4H3,(H2,16,17). The number of nitrogens with two attached hydrogens (primary N) is 1. The van der Waals surface area contributed by atoms with E-state index in [-0.39, 0.29) is 5.84 Å². The van der Waals surface area contributed by atoms with Gasteiger partial charge in [0.15, 0.2) is 5.84 Å². The van der Waals surface area contributed by atoms with Crippen molar-refractivity contribution in [2.24, 2.45) is 10.9 Å². The zero-order valence-corrected chi connectivity index (χ0v) is 13.3. The van der Waals surface area contributed by atoms with Gasteiger partial charge in [0.25, 0.3) is 0 Å². The van der Waals surface area contributed by atoms with Gasteiger partial charge >= 0.3 is 0 Å². The molecule has 0 bridgehead atoms. The fraction of sp³-hybridized carbons (Fsp3) is 0.533. The van der Waals surface area contributed by atoms with Gasteiger partial charge in [-0.3, -0.25) is 0 Å². The first-order valence-corrected chi connectivity index (χ1v) is 6.96. The first kappa shape index (κ1) is 17.3. The summed E-state index contributed by atoms with van der Waals surface area (Å²) in [7, 11) is 7.87. The van der Waals surface area contributed by atoms with E-state index in [2.05, 4.69) is 36.1 Å². The van der Waals surface area contributed by atoms with Gasteiger partial charge in [0.1, 0.15) is 5.75 Å². The molecule has 0 aliphatic rings. The van der Waals surface area contributed by atoms with Crippen LogP contribution in [-0.2, 0) is 6.54 Å². The molecular weight excluding hydrogens is 268 g/mol. The molecule has 118 valence electrons. The van der Waals surface area contributed by atoms with Gasteiger partial charge in [-0.05, 0) is 58.9 Å². The molecule has 21 heavy (non-hydrogen) atoms. The van der Waals surface area contributed by atoms with E-state index in [0.717, 1.165) is 37.4 Å². The number of hydrogen-bond acceptors (Lipinski definition) is 5. The maximum absolute atomic E-state index is 8.77. The van der Waals surface area contributed by atoms with Crippen molar-refractivity contribution in [3.05, 3.63) is 29.3 Å². The van der Waals surface area contributed by atoms with Crippen molar-refractivity contribution >= 4 is 5.84 Å². The zero-order chi connectivity index (χ0) is 15.8. The largest absolute Gasteiger partial charge is 0.496 e. The highest BCUT2D eigenvalue weighted by Gasteiger charge is 2.09. The van der Waals surface area contributed by atoms with Crippen LogP contribution in [0.4, 0.5) is 0 Å². The Morgan fingerprint density at radius 3 is 2.57 bits per heavy atom. The van der Waals surface area contributed by atoms with Gasteiger partial charge in [0.05, 0.1) is 7.11 Å². The van der Waals surface area contributed by atoms with Crippen molar-refractivity contribution in [1.82, 2.24) is 9.80 Å². The molecule has 0 spiro atoms. The molecule has 0 saturated carbocycles. The van der Waals surface area contributed by atoms with Crippen LogP contribution >= 0.6 is 0 Å². The van der Waals surface area contributed by atoms with Crippen LogP contribution < -0.4 is 10.5 Å². The lowest BCUT2D eigenvalue weighted by atomic mass is 10.1. The molecule has 6 heteroatoms. The van der Waals surface area contributed by atoms with E-state index in [1.807, 2.05) is 12.1 Å². The molecule has 0 atom stereocenters. The molecule has 3 N–H and O–H groups in total. The van der Waals surface area contributed by atoms with E-state index in [4.69, 9.17) is 15.7 Å². The summed E-state index contributed by atoms with van der Waals surface area (Å²) in [4.78, 5) is 4.41. The van der Waals surface area contributed by atoms with E-state index in [9.17, 15) is 0 Å². The number of benzene rings is 1. The molecule has 0 saturated heterocycles. The summed E-state index contributed by atoms with van der Waals surface area (Å²) in [6.45, 7) is 2.81. The molecule has 1 rings (SSSR count). The maximum Gasteiger partial charge on any atom is 0.170 e. The summed E-state index contributed by atoms with van der Waals surface area (Å²) in [6.07, 6.45) is 1.10. The zero-order valence-electron chi connectivity index (χ0n) is 13.3. The highest BCUT2D eigenvalue weighted by molar-refractivity contribution is 5.97. The lowest BCUT2D eigenvalue weighted by Gasteiger charge is -2.20. The van der Waals surface area contributed by atoms with E-state index in [1.165, 1.54) is 0 Å². The summed E-state index contributed by atoms with van der Waals surface area (Å²) >= 11 is 0. The van der Waals surface area contributed by atoms with Gasteiger partial charge in [-0.15, -0.1) is 0 Å². The second-order valence-corrected chi connectivity index (χ2v) is 5.41. The number of methoxy groups -OCH3 is 1. The second-order valence-electron chi connectivity index (χ2n) is 5.41. The van der Waals surface area contributed by atoms with Gasteiger partial charge in [-0.2, -0.15) is 0 Å². The van der Waals surface area contributed by atoms with Crippen LogP contribution in [0.1, 0.15) is 17.5 Å². The Labute approximate surface area is 126 Å². The van der Waals surface area contributed by atoms with Gasteiger partial charge in [-0.1, -0.05) is 5.16 Å². The first-order valence-electron chi connectivity index (χ1n) is 6.96. The van der Waals surface area contributed by atoms with E-state index in [1.54, 1.807) is 13.2 Å². The average molecular weight is 294 g/mol. The molecular formula is C15H26N4O2. The third-order valence-corrected chi connectivity index (χ3v) is 3.27. The van der Waals surface area contributed by atoms with Crippen LogP contribution in [0.2, 0.25) is 0 Å². The number of ether oxygens (including phenoxy) is 1. The highest BCUT2D eigenvalue weighted by Crippen LogP contribution is 2.21. The molecule has 0 fully saturated rings. The SMILES string of the molecule is COc1ccc(/C(N)=N/O)cc1CN(C)CCCN(C)C. The summed E-state index contributed by atoms with van der Waals surface area (Å²) in [5.74, 6) is 0.915. The van der Waals surface area contributed by atoms with Crippen LogP contribution in [0.15, 0.2) is 23.4 Å². The second kappa shape index (κ2) is 8.49. The minimum Gasteiger partial charge on any atom is -0.496 e. The summed E-state index contributed by atoms with van der Waals surface area (Å²) < 4.78 is 5.38. The van der Waals surface area contributed by atoms with Crippen LogP contribution in [0.5, 0.6) is 5.75 Å². The molecule has 0 radical (unpaired) electrons. The molecule has 0 heterocycles. The molecule has 1 aromatic rings. The molecule has 0 aliphatic carbocycles. The summed E-state index contributed by atoms with van der Waals surface area (Å²) in [5.41, 5.74) is 7.35. The quantitative estimate of drug-likeness (QED) is 0.326. The minimum atomic E-state index is 0.106. The van der Waals surface area contributed by atoms with Crippen molar-refractivity contribution in [2.45, 2.75) is 13.0 Å². The van der Waals surface area contributed by atoms with Gasteiger partial charge in [-0.25, -0.2) is 0 Å². The highest BCUT2D eigenvalue weighted by atomic mass is 16.5. The Balaban J connectivity index is 2.75. The van der Waals surface area contributed by atoms with Crippen molar-refractivity contribution in [3.8, 4) is 5.75 Å². The topological polar surface area (TPSA) is 74.3 Å². The normalized spacial score (nSPS) is 12.2. The Kier molecular flexibility index (Phi) is 6.98. The maximum atomic E-state index is 8.77. The number of oxime groups is 1. The monoisotopic (exact) mass is 294 g/mol. The van der Waals surface area contributed by atoms with Crippen molar-refractivity contribution < 1.29 is 9.94 Å². The molecule has 1 aromatic carbocycles. The van der Waals surface area contributed by atoms with Crippen LogP contribution in [-0.4, -0.2) is 62.2 Å². The van der Waals surface area contributed by atoms with Gasteiger partial charge < -0.3 is 25.5 Å². The number of hydrogen-bond donors (Lipinski definition) is 2.